The van der Waals surface area contributed by atoms with Crippen LogP contribution in [-0.4, -0.2) is 19.5 Å². The van der Waals surface area contributed by atoms with Gasteiger partial charge >= 0.3 is 0 Å². The number of fused-ring (bicyclic) bond motifs is 3. The Morgan fingerprint density at radius 3 is 1.64 bits per heavy atom. The van der Waals surface area contributed by atoms with Crippen molar-refractivity contribution in [3.05, 3.63) is 157 Å². The minimum absolute atomic E-state index is 0.502. The van der Waals surface area contributed by atoms with Gasteiger partial charge in [-0.15, -0.1) is 0 Å². The lowest BCUT2D eigenvalue weighted by Crippen LogP contribution is -2.04. The average Bonchev–Trinajstić information content (AvgIpc) is 3.46. The van der Waals surface area contributed by atoms with Gasteiger partial charge in [-0.05, 0) is 47.5 Å². The summed E-state index contributed by atoms with van der Waals surface area (Å²) in [5.41, 5.74) is 8.39. The molecule has 0 amide bonds. The molecule has 0 aliphatic heterocycles. The summed E-state index contributed by atoms with van der Waals surface area (Å²) < 4.78 is 2.25. The number of nitrogens with zero attached hydrogens (tertiary/aromatic N) is 5. The highest BCUT2D eigenvalue weighted by molar-refractivity contribution is 6.11. The fourth-order valence-corrected chi connectivity index (χ4v) is 5.95. The van der Waals surface area contributed by atoms with Crippen LogP contribution in [0.2, 0.25) is 0 Å². The molecule has 5 heteroatoms. The van der Waals surface area contributed by atoms with Crippen molar-refractivity contribution < 1.29 is 0 Å². The third-order valence-corrected chi connectivity index (χ3v) is 8.09. The molecule has 6 aromatic carbocycles. The SMILES string of the molecule is N#Cc1ccc(-n2c3ccccc3c3cc(-c4ccccc4)ccc32)c(-c2nc(-c3ccccc3)nc(-c3ccccc3)n2)c1. The van der Waals surface area contributed by atoms with Crippen LogP contribution in [0.1, 0.15) is 5.56 Å². The molecular weight excluding hydrogens is 550 g/mol. The number of para-hydroxylation sites is 1. The van der Waals surface area contributed by atoms with E-state index in [1.54, 1.807) is 0 Å². The van der Waals surface area contributed by atoms with E-state index in [0.717, 1.165) is 49.7 Å². The second-order valence-electron chi connectivity index (χ2n) is 10.8. The lowest BCUT2D eigenvalue weighted by molar-refractivity contribution is 1.06. The molecule has 0 bridgehead atoms. The molecule has 45 heavy (non-hydrogen) atoms. The second kappa shape index (κ2) is 11.0. The Labute approximate surface area is 260 Å². The Morgan fingerprint density at radius 2 is 1.00 bits per heavy atom. The quantitative estimate of drug-likeness (QED) is 0.205. The topological polar surface area (TPSA) is 67.4 Å². The van der Waals surface area contributed by atoms with Crippen LogP contribution >= 0.6 is 0 Å². The van der Waals surface area contributed by atoms with E-state index < -0.39 is 0 Å². The highest BCUT2D eigenvalue weighted by atomic mass is 15.1. The summed E-state index contributed by atoms with van der Waals surface area (Å²) in [6, 6.07) is 53.4. The zero-order valence-corrected chi connectivity index (χ0v) is 24.2. The van der Waals surface area contributed by atoms with E-state index in [9.17, 15) is 5.26 Å². The van der Waals surface area contributed by atoms with Gasteiger partial charge in [-0.1, -0.05) is 115 Å². The molecule has 0 fully saturated rings. The molecule has 0 saturated heterocycles. The van der Waals surface area contributed by atoms with Gasteiger partial charge in [0.2, 0.25) is 0 Å². The Hall–Kier alpha value is -6.38. The van der Waals surface area contributed by atoms with Crippen molar-refractivity contribution in [2.45, 2.75) is 0 Å². The third kappa shape index (κ3) is 4.71. The van der Waals surface area contributed by atoms with Gasteiger partial charge in [-0.25, -0.2) is 15.0 Å². The van der Waals surface area contributed by atoms with E-state index in [2.05, 4.69) is 77.4 Å². The van der Waals surface area contributed by atoms with Gasteiger partial charge in [0.15, 0.2) is 17.5 Å². The summed E-state index contributed by atoms with van der Waals surface area (Å²) in [4.78, 5) is 14.9. The predicted octanol–water partition coefficient (Wildman–Crippen LogP) is 9.51. The molecule has 2 aromatic heterocycles. The van der Waals surface area contributed by atoms with Crippen molar-refractivity contribution in [1.29, 1.82) is 5.26 Å². The Bertz CT molecular complexity index is 2310. The van der Waals surface area contributed by atoms with E-state index >= 15 is 0 Å². The Morgan fingerprint density at radius 1 is 0.444 bits per heavy atom. The first-order valence-corrected chi connectivity index (χ1v) is 14.8. The van der Waals surface area contributed by atoms with Crippen LogP contribution in [0.4, 0.5) is 0 Å². The molecule has 0 atom stereocenters. The van der Waals surface area contributed by atoms with Crippen LogP contribution in [0.5, 0.6) is 0 Å². The number of nitriles is 1. The Kier molecular flexibility index (Phi) is 6.44. The van der Waals surface area contributed by atoms with Crippen LogP contribution in [-0.2, 0) is 0 Å². The van der Waals surface area contributed by atoms with Crippen molar-refractivity contribution >= 4 is 21.8 Å². The number of benzene rings is 6. The minimum atomic E-state index is 0.502. The fourth-order valence-electron chi connectivity index (χ4n) is 5.95. The Balaban J connectivity index is 1.41. The summed E-state index contributed by atoms with van der Waals surface area (Å²) in [5.74, 6) is 1.65. The normalized spacial score (nSPS) is 11.1. The number of rotatable bonds is 5. The van der Waals surface area contributed by atoms with Gasteiger partial charge in [0.1, 0.15) is 0 Å². The van der Waals surface area contributed by atoms with E-state index in [1.165, 1.54) is 5.56 Å². The third-order valence-electron chi connectivity index (χ3n) is 8.09. The average molecular weight is 576 g/mol. The second-order valence-corrected chi connectivity index (χ2v) is 10.8. The molecule has 8 aromatic rings. The van der Waals surface area contributed by atoms with Gasteiger partial charge in [0.05, 0.1) is 28.4 Å². The van der Waals surface area contributed by atoms with Gasteiger partial charge in [0.25, 0.3) is 0 Å². The number of hydrogen-bond acceptors (Lipinski definition) is 4. The molecule has 0 N–H and O–H groups in total. The van der Waals surface area contributed by atoms with E-state index in [4.69, 9.17) is 15.0 Å². The lowest BCUT2D eigenvalue weighted by Gasteiger charge is -2.15. The fraction of sp³-hybridized carbons (Fsp3) is 0. The maximum atomic E-state index is 9.97. The highest BCUT2D eigenvalue weighted by Gasteiger charge is 2.20. The molecule has 8 rings (SSSR count). The summed E-state index contributed by atoms with van der Waals surface area (Å²) in [5, 5.41) is 12.3. The maximum Gasteiger partial charge on any atom is 0.166 e. The molecule has 5 nitrogen and oxygen atoms in total. The predicted molar refractivity (Wildman–Crippen MR) is 181 cm³/mol. The summed E-state index contributed by atoms with van der Waals surface area (Å²) in [6.07, 6.45) is 0. The van der Waals surface area contributed by atoms with Crippen LogP contribution in [0.25, 0.3) is 72.8 Å². The summed E-state index contributed by atoms with van der Waals surface area (Å²) >= 11 is 0. The first-order valence-electron chi connectivity index (χ1n) is 14.8. The summed E-state index contributed by atoms with van der Waals surface area (Å²) in [7, 11) is 0. The monoisotopic (exact) mass is 575 g/mol. The van der Waals surface area contributed by atoms with Gasteiger partial charge < -0.3 is 4.57 Å². The van der Waals surface area contributed by atoms with Crippen molar-refractivity contribution in [3.8, 4) is 57.0 Å². The van der Waals surface area contributed by atoms with E-state index in [0.29, 0.717) is 23.0 Å². The molecular formula is C40H25N5. The lowest BCUT2D eigenvalue weighted by atomic mass is 10.0. The van der Waals surface area contributed by atoms with Crippen LogP contribution in [0.15, 0.2) is 152 Å². The summed E-state index contributed by atoms with van der Waals surface area (Å²) in [6.45, 7) is 0. The van der Waals surface area contributed by atoms with Gasteiger partial charge in [-0.3, -0.25) is 0 Å². The first-order chi connectivity index (χ1) is 22.3. The van der Waals surface area contributed by atoms with Gasteiger partial charge in [0, 0.05) is 27.5 Å². The zero-order valence-electron chi connectivity index (χ0n) is 24.2. The van der Waals surface area contributed by atoms with E-state index in [1.807, 2.05) is 84.9 Å². The van der Waals surface area contributed by atoms with E-state index in [-0.39, 0.29) is 0 Å². The number of aromatic nitrogens is 4. The number of hydrogen-bond donors (Lipinski definition) is 0. The van der Waals surface area contributed by atoms with Crippen molar-refractivity contribution in [3.63, 3.8) is 0 Å². The highest BCUT2D eigenvalue weighted by Crippen LogP contribution is 2.38. The smallest absolute Gasteiger partial charge is 0.166 e. The van der Waals surface area contributed by atoms with Crippen LogP contribution < -0.4 is 0 Å². The van der Waals surface area contributed by atoms with Crippen LogP contribution in [0.3, 0.4) is 0 Å². The molecule has 0 spiro atoms. The van der Waals surface area contributed by atoms with Crippen molar-refractivity contribution in [1.82, 2.24) is 19.5 Å². The van der Waals surface area contributed by atoms with Crippen LogP contribution in [0, 0.1) is 11.3 Å². The largest absolute Gasteiger partial charge is 0.308 e. The van der Waals surface area contributed by atoms with Crippen molar-refractivity contribution in [2.75, 3.05) is 0 Å². The standard InChI is InChI=1S/C40H25N5/c41-26-27-20-22-37(45-35-19-11-10-18-32(35)33-25-31(21-23-36(33)45)28-12-4-1-5-13-28)34(24-27)40-43-38(29-14-6-2-7-15-29)42-39(44-40)30-16-8-3-9-17-30/h1-25H. The minimum Gasteiger partial charge on any atom is -0.308 e. The van der Waals surface area contributed by atoms with Gasteiger partial charge in [-0.2, -0.15) is 5.26 Å². The molecule has 210 valence electrons. The molecule has 0 unspecified atom stereocenters. The molecule has 0 aliphatic carbocycles. The first kappa shape index (κ1) is 26.3. The van der Waals surface area contributed by atoms with Crippen molar-refractivity contribution in [2.24, 2.45) is 0 Å². The molecule has 2 heterocycles. The molecule has 0 saturated carbocycles. The molecule has 0 aliphatic rings. The molecule has 0 radical (unpaired) electrons. The zero-order chi connectivity index (χ0) is 30.2. The maximum absolute atomic E-state index is 9.97.